The number of rotatable bonds is 5. The zero-order valence-corrected chi connectivity index (χ0v) is 16.3. The van der Waals surface area contributed by atoms with Gasteiger partial charge in [0.15, 0.2) is 0 Å². The summed E-state index contributed by atoms with van der Waals surface area (Å²) in [5.74, 6) is -0.254. The zero-order valence-electron chi connectivity index (χ0n) is 14.0. The molecule has 0 bridgehead atoms. The van der Waals surface area contributed by atoms with E-state index in [2.05, 4.69) is 4.72 Å². The number of benzene rings is 2. The van der Waals surface area contributed by atoms with Crippen molar-refractivity contribution in [1.82, 2.24) is 4.90 Å². The van der Waals surface area contributed by atoms with E-state index in [1.165, 1.54) is 11.0 Å². The summed E-state index contributed by atoms with van der Waals surface area (Å²) in [4.78, 5) is 14.3. The number of hydrogen-bond donors (Lipinski definition) is 1. The van der Waals surface area contributed by atoms with Crippen molar-refractivity contribution in [3.8, 4) is 0 Å². The first-order valence-corrected chi connectivity index (χ1v) is 10.0. The molecule has 134 valence electrons. The van der Waals surface area contributed by atoms with E-state index in [1.807, 2.05) is 6.92 Å². The second kappa shape index (κ2) is 7.64. The van der Waals surface area contributed by atoms with Crippen molar-refractivity contribution in [3.63, 3.8) is 0 Å². The van der Waals surface area contributed by atoms with Gasteiger partial charge in [-0.05, 0) is 42.8 Å². The average molecular weight is 401 g/mol. The van der Waals surface area contributed by atoms with Gasteiger partial charge in [-0.2, -0.15) is 0 Å². The number of sulfonamides is 1. The Morgan fingerprint density at radius 3 is 2.44 bits per heavy atom. The van der Waals surface area contributed by atoms with Crippen LogP contribution in [0.5, 0.6) is 0 Å². The Bertz CT molecular complexity index is 901. The van der Waals surface area contributed by atoms with Gasteiger partial charge in [0.05, 0.1) is 12.3 Å². The Morgan fingerprint density at radius 2 is 1.84 bits per heavy atom. The van der Waals surface area contributed by atoms with Crippen LogP contribution in [-0.2, 0) is 10.0 Å². The average Bonchev–Trinajstić information content (AvgIpc) is 2.51. The fourth-order valence-corrected chi connectivity index (χ4v) is 3.48. The summed E-state index contributed by atoms with van der Waals surface area (Å²) in [6.07, 6.45) is 1.05. The van der Waals surface area contributed by atoms with Crippen LogP contribution in [0.25, 0.3) is 0 Å². The second-order valence-corrected chi connectivity index (χ2v) is 8.30. The Labute approximate surface area is 157 Å². The first-order valence-electron chi connectivity index (χ1n) is 7.38. The minimum Gasteiger partial charge on any atom is -0.335 e. The second-order valence-electron chi connectivity index (χ2n) is 5.71. The predicted octanol–water partition coefficient (Wildman–Crippen LogP) is 4.20. The molecule has 2 rings (SSSR count). The number of carbonyl (C=O) groups is 1. The molecule has 0 saturated carbocycles. The highest BCUT2D eigenvalue weighted by Crippen LogP contribution is 2.30. The van der Waals surface area contributed by atoms with Crippen LogP contribution in [0.3, 0.4) is 0 Å². The third kappa shape index (κ3) is 5.11. The first-order chi connectivity index (χ1) is 11.6. The van der Waals surface area contributed by atoms with Crippen LogP contribution in [0.15, 0.2) is 42.5 Å². The summed E-state index contributed by atoms with van der Waals surface area (Å²) in [6, 6.07) is 11.2. The number of amides is 1. The smallest absolute Gasteiger partial charge is 0.254 e. The van der Waals surface area contributed by atoms with E-state index < -0.39 is 10.0 Å². The Hall–Kier alpha value is -1.76. The van der Waals surface area contributed by atoms with Gasteiger partial charge in [0.2, 0.25) is 10.0 Å². The lowest BCUT2D eigenvalue weighted by atomic mass is 10.1. The van der Waals surface area contributed by atoms with Gasteiger partial charge in [-0.25, -0.2) is 8.42 Å². The van der Waals surface area contributed by atoms with Crippen LogP contribution < -0.4 is 4.72 Å². The van der Waals surface area contributed by atoms with E-state index in [0.29, 0.717) is 21.3 Å². The molecule has 0 saturated heterocycles. The maximum atomic E-state index is 12.7. The Balaban J connectivity index is 2.26. The molecular formula is C17H18Cl2N2O3S. The summed E-state index contributed by atoms with van der Waals surface area (Å²) in [6.45, 7) is 1.85. The van der Waals surface area contributed by atoms with Gasteiger partial charge < -0.3 is 4.90 Å². The molecule has 8 heteroatoms. The molecule has 0 heterocycles. The van der Waals surface area contributed by atoms with Gasteiger partial charge in [-0.3, -0.25) is 9.52 Å². The molecule has 1 atom stereocenters. The van der Waals surface area contributed by atoms with E-state index in [9.17, 15) is 13.2 Å². The van der Waals surface area contributed by atoms with Gasteiger partial charge in [0.1, 0.15) is 0 Å². The van der Waals surface area contributed by atoms with Crippen molar-refractivity contribution in [2.75, 3.05) is 18.0 Å². The summed E-state index contributed by atoms with van der Waals surface area (Å²) in [7, 11) is -1.75. The van der Waals surface area contributed by atoms with Gasteiger partial charge in [-0.1, -0.05) is 35.3 Å². The quantitative estimate of drug-likeness (QED) is 0.817. The summed E-state index contributed by atoms with van der Waals surface area (Å²) >= 11 is 12.1. The number of hydrogen-bond acceptors (Lipinski definition) is 3. The molecule has 25 heavy (non-hydrogen) atoms. The maximum Gasteiger partial charge on any atom is 0.254 e. The third-order valence-electron chi connectivity index (χ3n) is 3.73. The van der Waals surface area contributed by atoms with Gasteiger partial charge in [-0.15, -0.1) is 0 Å². The standard InChI is InChI=1S/C17H18Cl2N2O3S/c1-11(15-8-7-13(18)10-16(15)19)21(2)17(22)12-5-4-6-14(9-12)20-25(3,23)24/h4-11,20H,1-3H3/t11-/m0/s1. The molecule has 0 spiro atoms. The lowest BCUT2D eigenvalue weighted by Crippen LogP contribution is -2.30. The minimum absolute atomic E-state index is 0.254. The van der Waals surface area contributed by atoms with Crippen molar-refractivity contribution in [3.05, 3.63) is 63.6 Å². The number of nitrogens with zero attached hydrogens (tertiary/aromatic N) is 1. The highest BCUT2D eigenvalue weighted by atomic mass is 35.5. The molecule has 0 aliphatic rings. The largest absolute Gasteiger partial charge is 0.335 e. The van der Waals surface area contributed by atoms with Gasteiger partial charge >= 0.3 is 0 Å². The molecule has 0 aromatic heterocycles. The van der Waals surface area contributed by atoms with Crippen molar-refractivity contribution < 1.29 is 13.2 Å². The van der Waals surface area contributed by atoms with Crippen molar-refractivity contribution in [2.24, 2.45) is 0 Å². The summed E-state index contributed by atoms with van der Waals surface area (Å²) in [5.41, 5.74) is 1.47. The maximum absolute atomic E-state index is 12.7. The minimum atomic E-state index is -3.41. The predicted molar refractivity (Wildman–Crippen MR) is 102 cm³/mol. The fraction of sp³-hybridized carbons (Fsp3) is 0.235. The molecule has 0 radical (unpaired) electrons. The zero-order chi connectivity index (χ0) is 18.8. The van der Waals surface area contributed by atoms with E-state index in [1.54, 1.807) is 43.4 Å². The topological polar surface area (TPSA) is 66.5 Å². The molecule has 0 unspecified atom stereocenters. The van der Waals surface area contributed by atoms with Gasteiger partial charge in [0.25, 0.3) is 5.91 Å². The molecule has 0 aliphatic heterocycles. The molecule has 0 fully saturated rings. The number of nitrogens with one attached hydrogen (secondary N) is 1. The van der Waals surface area contributed by atoms with Crippen molar-refractivity contribution >= 4 is 44.8 Å². The van der Waals surface area contributed by atoms with Crippen LogP contribution in [0.1, 0.15) is 28.9 Å². The van der Waals surface area contributed by atoms with E-state index in [0.717, 1.165) is 11.8 Å². The summed E-state index contributed by atoms with van der Waals surface area (Å²) in [5, 5.41) is 1.00. The van der Waals surface area contributed by atoms with E-state index in [4.69, 9.17) is 23.2 Å². The molecule has 1 N–H and O–H groups in total. The van der Waals surface area contributed by atoms with Crippen LogP contribution in [0.4, 0.5) is 5.69 Å². The number of carbonyl (C=O) groups excluding carboxylic acids is 1. The molecule has 2 aromatic rings. The number of anilines is 1. The highest BCUT2D eigenvalue weighted by molar-refractivity contribution is 7.92. The first kappa shape index (κ1) is 19.6. The molecule has 5 nitrogen and oxygen atoms in total. The fourth-order valence-electron chi connectivity index (χ4n) is 2.36. The molecule has 0 aliphatic carbocycles. The van der Waals surface area contributed by atoms with Crippen LogP contribution in [-0.4, -0.2) is 32.5 Å². The summed E-state index contributed by atoms with van der Waals surface area (Å²) < 4.78 is 25.0. The SMILES string of the molecule is C[C@@H](c1ccc(Cl)cc1Cl)N(C)C(=O)c1cccc(NS(C)(=O)=O)c1. The monoisotopic (exact) mass is 400 g/mol. The Kier molecular flexibility index (Phi) is 5.98. The third-order valence-corrected chi connectivity index (χ3v) is 4.90. The lowest BCUT2D eigenvalue weighted by Gasteiger charge is -2.26. The van der Waals surface area contributed by atoms with Crippen LogP contribution in [0, 0.1) is 0 Å². The van der Waals surface area contributed by atoms with E-state index >= 15 is 0 Å². The van der Waals surface area contributed by atoms with Crippen LogP contribution >= 0.6 is 23.2 Å². The molecule has 1 amide bonds. The number of halogens is 2. The van der Waals surface area contributed by atoms with Crippen LogP contribution in [0.2, 0.25) is 10.0 Å². The van der Waals surface area contributed by atoms with E-state index in [-0.39, 0.29) is 11.9 Å². The highest BCUT2D eigenvalue weighted by Gasteiger charge is 2.21. The normalized spacial score (nSPS) is 12.5. The van der Waals surface area contributed by atoms with Crippen molar-refractivity contribution in [2.45, 2.75) is 13.0 Å². The molecule has 2 aromatic carbocycles. The Morgan fingerprint density at radius 1 is 1.16 bits per heavy atom. The lowest BCUT2D eigenvalue weighted by molar-refractivity contribution is 0.0743. The van der Waals surface area contributed by atoms with Crippen molar-refractivity contribution in [1.29, 1.82) is 0 Å². The van der Waals surface area contributed by atoms with Gasteiger partial charge in [0, 0.05) is 28.3 Å². The molecular weight excluding hydrogens is 383 g/mol.